The number of phenols is 1. The maximum Gasteiger partial charge on any atom is 0.240 e. The molecular weight excluding hydrogens is 420 g/mol. The topological polar surface area (TPSA) is 70.9 Å². The lowest BCUT2D eigenvalue weighted by molar-refractivity contribution is -0.121. The Morgan fingerprint density at radius 2 is 2.04 bits per heavy atom. The van der Waals surface area contributed by atoms with Gasteiger partial charge in [-0.3, -0.25) is 4.79 Å². The van der Waals surface area contributed by atoms with Crippen LogP contribution in [0.2, 0.25) is 5.02 Å². The number of hydrogen-bond donors (Lipinski definition) is 2. The van der Waals surface area contributed by atoms with Gasteiger partial charge in [0.05, 0.1) is 17.3 Å². The van der Waals surface area contributed by atoms with Gasteiger partial charge in [-0.1, -0.05) is 11.6 Å². The van der Waals surface area contributed by atoms with Gasteiger partial charge in [-0.05, 0) is 83.2 Å². The normalized spacial score (nSPS) is 10.9. The number of hydrazone groups is 1. The number of aryl methyl sites for hydroxylation is 1. The first-order chi connectivity index (χ1) is 12.4. The number of phenolic OH excluding ortho intramolecular Hbond substituents is 1. The van der Waals surface area contributed by atoms with Gasteiger partial charge in [0.15, 0.2) is 0 Å². The Hall–Kier alpha value is -2.05. The zero-order valence-electron chi connectivity index (χ0n) is 14.6. The number of ether oxygens (including phenoxy) is 1. The maximum absolute atomic E-state index is 11.8. The molecule has 0 aliphatic heterocycles. The number of hydrogen-bond acceptors (Lipinski definition) is 4. The predicted octanol–water partition coefficient (Wildman–Crippen LogP) is 4.73. The molecule has 0 aromatic heterocycles. The summed E-state index contributed by atoms with van der Waals surface area (Å²) in [5.41, 5.74) is 5.13. The molecule has 138 valence electrons. The number of nitrogens with zero attached hydrogens (tertiary/aromatic N) is 1. The third-order valence-corrected chi connectivity index (χ3v) is 5.24. The highest BCUT2D eigenvalue weighted by Gasteiger charge is 2.11. The number of carbonyl (C=O) groups excluding carboxylic acids is 1. The molecule has 0 atom stereocenters. The van der Waals surface area contributed by atoms with Crippen molar-refractivity contribution in [3.05, 3.63) is 56.5 Å². The molecule has 0 unspecified atom stereocenters. The molecule has 0 saturated carbocycles. The smallest absolute Gasteiger partial charge is 0.240 e. The van der Waals surface area contributed by atoms with Crippen molar-refractivity contribution in [1.29, 1.82) is 0 Å². The number of amides is 1. The van der Waals surface area contributed by atoms with Crippen LogP contribution in [-0.2, 0) is 4.79 Å². The van der Waals surface area contributed by atoms with Crippen LogP contribution in [0.4, 0.5) is 0 Å². The van der Waals surface area contributed by atoms with Gasteiger partial charge in [0, 0.05) is 11.4 Å². The average Bonchev–Trinajstić information content (AvgIpc) is 2.62. The third-order valence-electron chi connectivity index (χ3n) is 3.67. The van der Waals surface area contributed by atoms with Gasteiger partial charge in [0.2, 0.25) is 5.91 Å². The van der Waals surface area contributed by atoms with Gasteiger partial charge in [-0.25, -0.2) is 5.43 Å². The number of halogens is 2. The van der Waals surface area contributed by atoms with E-state index in [1.807, 2.05) is 19.9 Å². The second kappa shape index (κ2) is 9.59. The maximum atomic E-state index is 11.8. The van der Waals surface area contributed by atoms with Gasteiger partial charge in [0.25, 0.3) is 0 Å². The molecule has 0 aliphatic carbocycles. The zero-order valence-corrected chi connectivity index (χ0v) is 16.9. The third kappa shape index (κ3) is 5.75. The molecule has 2 N–H and O–H groups in total. The van der Waals surface area contributed by atoms with Crippen molar-refractivity contribution in [2.45, 2.75) is 26.7 Å². The first-order valence-corrected chi connectivity index (χ1v) is 9.24. The second-order valence-electron chi connectivity index (χ2n) is 5.78. The van der Waals surface area contributed by atoms with Crippen LogP contribution in [-0.4, -0.2) is 23.8 Å². The van der Waals surface area contributed by atoms with Crippen molar-refractivity contribution in [3.8, 4) is 11.5 Å². The van der Waals surface area contributed by atoms with E-state index in [1.165, 1.54) is 6.21 Å². The quantitative estimate of drug-likeness (QED) is 0.372. The van der Waals surface area contributed by atoms with E-state index >= 15 is 0 Å². The molecule has 2 aromatic rings. The largest absolute Gasteiger partial charge is 0.508 e. The fourth-order valence-electron chi connectivity index (χ4n) is 2.22. The molecule has 0 fully saturated rings. The number of rotatable bonds is 7. The Morgan fingerprint density at radius 1 is 1.35 bits per heavy atom. The summed E-state index contributed by atoms with van der Waals surface area (Å²) in [4.78, 5) is 11.8. The van der Waals surface area contributed by atoms with Crippen LogP contribution < -0.4 is 10.2 Å². The molecule has 1 amide bonds. The molecule has 7 heteroatoms. The molecule has 0 bridgehead atoms. The molecular formula is C19H20BrClN2O3. The van der Waals surface area contributed by atoms with Crippen molar-refractivity contribution in [1.82, 2.24) is 5.43 Å². The average molecular weight is 440 g/mol. The Morgan fingerprint density at radius 3 is 2.73 bits per heavy atom. The van der Waals surface area contributed by atoms with Crippen LogP contribution in [0.3, 0.4) is 0 Å². The van der Waals surface area contributed by atoms with Gasteiger partial charge in [-0.15, -0.1) is 0 Å². The molecule has 5 nitrogen and oxygen atoms in total. The Labute approximate surface area is 166 Å². The summed E-state index contributed by atoms with van der Waals surface area (Å²) in [7, 11) is 0. The molecule has 26 heavy (non-hydrogen) atoms. The summed E-state index contributed by atoms with van der Waals surface area (Å²) in [5, 5.41) is 13.8. The predicted molar refractivity (Wildman–Crippen MR) is 107 cm³/mol. The lowest BCUT2D eigenvalue weighted by Gasteiger charge is -2.13. The first-order valence-electron chi connectivity index (χ1n) is 8.07. The zero-order chi connectivity index (χ0) is 19.1. The second-order valence-corrected chi connectivity index (χ2v) is 6.95. The van der Waals surface area contributed by atoms with E-state index in [0.29, 0.717) is 19.4 Å². The van der Waals surface area contributed by atoms with Crippen LogP contribution in [0, 0.1) is 13.8 Å². The molecule has 0 saturated heterocycles. The monoisotopic (exact) mass is 438 g/mol. The number of aromatic hydroxyl groups is 1. The summed E-state index contributed by atoms with van der Waals surface area (Å²) in [6.07, 6.45) is 2.38. The van der Waals surface area contributed by atoms with Crippen molar-refractivity contribution >= 4 is 39.7 Å². The van der Waals surface area contributed by atoms with Crippen LogP contribution >= 0.6 is 27.5 Å². The number of benzene rings is 2. The molecule has 0 radical (unpaired) electrons. The lowest BCUT2D eigenvalue weighted by atomic mass is 10.1. The minimum Gasteiger partial charge on any atom is -0.508 e. The molecule has 0 heterocycles. The SMILES string of the molecule is Cc1cc(OCCCC(=O)N/N=C\c2ccc(O)cc2)c(Br)c(C)c1Cl. The van der Waals surface area contributed by atoms with Crippen LogP contribution in [0.1, 0.15) is 29.5 Å². The van der Waals surface area contributed by atoms with Gasteiger partial charge < -0.3 is 9.84 Å². The standard InChI is InChI=1S/C19H20BrClN2O3/c1-12-10-16(18(20)13(2)19(12)21)26-9-3-4-17(25)23-22-11-14-5-7-15(24)8-6-14/h5-8,10-11,24H,3-4,9H2,1-2H3,(H,23,25)/b22-11-. The van der Waals surface area contributed by atoms with E-state index in [2.05, 4.69) is 26.5 Å². The number of nitrogens with one attached hydrogen (secondary N) is 1. The van der Waals surface area contributed by atoms with Crippen LogP contribution in [0.15, 0.2) is 39.9 Å². The Kier molecular flexibility index (Phi) is 7.48. The van der Waals surface area contributed by atoms with E-state index in [-0.39, 0.29) is 11.7 Å². The molecule has 0 aliphatic rings. The van der Waals surface area contributed by atoms with Gasteiger partial charge in [-0.2, -0.15) is 5.10 Å². The Balaban J connectivity index is 1.74. The molecule has 0 spiro atoms. The minimum atomic E-state index is -0.189. The summed E-state index contributed by atoms with van der Waals surface area (Å²) >= 11 is 9.68. The fraction of sp³-hybridized carbons (Fsp3) is 0.263. The van der Waals surface area contributed by atoms with Gasteiger partial charge >= 0.3 is 0 Å². The van der Waals surface area contributed by atoms with E-state index in [1.54, 1.807) is 24.3 Å². The van der Waals surface area contributed by atoms with Crippen molar-refractivity contribution in [2.24, 2.45) is 5.10 Å². The van der Waals surface area contributed by atoms with E-state index in [0.717, 1.165) is 31.9 Å². The molecule has 2 aromatic carbocycles. The van der Waals surface area contributed by atoms with E-state index < -0.39 is 0 Å². The van der Waals surface area contributed by atoms with Crippen LogP contribution in [0.5, 0.6) is 11.5 Å². The highest BCUT2D eigenvalue weighted by Crippen LogP contribution is 2.35. The van der Waals surface area contributed by atoms with Crippen molar-refractivity contribution < 1.29 is 14.6 Å². The lowest BCUT2D eigenvalue weighted by Crippen LogP contribution is -2.18. The Bertz CT molecular complexity index is 807. The van der Waals surface area contributed by atoms with Crippen molar-refractivity contribution in [2.75, 3.05) is 6.61 Å². The molecule has 2 rings (SSSR count). The summed E-state index contributed by atoms with van der Waals surface area (Å²) in [5.74, 6) is 0.713. The van der Waals surface area contributed by atoms with Crippen LogP contribution in [0.25, 0.3) is 0 Å². The first kappa shape index (κ1) is 20.3. The summed E-state index contributed by atoms with van der Waals surface area (Å²) in [6.45, 7) is 4.26. The summed E-state index contributed by atoms with van der Waals surface area (Å²) in [6, 6.07) is 8.39. The minimum absolute atomic E-state index is 0.184. The highest BCUT2D eigenvalue weighted by atomic mass is 79.9. The van der Waals surface area contributed by atoms with E-state index in [9.17, 15) is 9.90 Å². The fourth-order valence-corrected chi connectivity index (χ4v) is 2.91. The highest BCUT2D eigenvalue weighted by molar-refractivity contribution is 9.10. The van der Waals surface area contributed by atoms with Gasteiger partial charge in [0.1, 0.15) is 11.5 Å². The summed E-state index contributed by atoms with van der Waals surface area (Å²) < 4.78 is 6.57. The van der Waals surface area contributed by atoms with E-state index in [4.69, 9.17) is 16.3 Å². The van der Waals surface area contributed by atoms with Crippen molar-refractivity contribution in [3.63, 3.8) is 0 Å². The number of carbonyl (C=O) groups is 1.